The fourth-order valence-corrected chi connectivity index (χ4v) is 2.71. The fraction of sp³-hybridized carbons (Fsp3) is 0.529. The average Bonchev–Trinajstić information content (AvgIpc) is 2.45. The third-order valence-corrected chi connectivity index (χ3v) is 3.98. The van der Waals surface area contributed by atoms with E-state index in [0.29, 0.717) is 19.5 Å². The Morgan fingerprint density at radius 1 is 1.36 bits per heavy atom. The molecule has 1 atom stereocenters. The molecule has 1 aromatic carbocycles. The van der Waals surface area contributed by atoms with Gasteiger partial charge in [0.2, 0.25) is 11.8 Å². The summed E-state index contributed by atoms with van der Waals surface area (Å²) >= 11 is 0. The summed E-state index contributed by atoms with van der Waals surface area (Å²) in [6, 6.07) is 8.41. The number of nitrogens with zero attached hydrogens (tertiary/aromatic N) is 2. The molecule has 1 aromatic rings. The van der Waals surface area contributed by atoms with Gasteiger partial charge in [-0.1, -0.05) is 29.8 Å². The molecule has 2 rings (SSSR count). The number of piperidine rings is 1. The summed E-state index contributed by atoms with van der Waals surface area (Å²) < 4.78 is 0. The Labute approximate surface area is 132 Å². The summed E-state index contributed by atoms with van der Waals surface area (Å²) in [5.41, 5.74) is 2.43. The van der Waals surface area contributed by atoms with E-state index in [0.717, 1.165) is 13.0 Å². The smallest absolute Gasteiger partial charge is 0.234 e. The molecule has 5 heteroatoms. The summed E-state index contributed by atoms with van der Waals surface area (Å²) in [5.74, 6) is 0.171. The fourth-order valence-electron chi connectivity index (χ4n) is 2.71. The quantitative estimate of drug-likeness (QED) is 0.888. The molecule has 0 aliphatic carbocycles. The van der Waals surface area contributed by atoms with Crippen molar-refractivity contribution >= 4 is 11.8 Å². The van der Waals surface area contributed by atoms with E-state index in [4.69, 9.17) is 0 Å². The molecule has 1 heterocycles. The summed E-state index contributed by atoms with van der Waals surface area (Å²) in [4.78, 5) is 27.2. The molecule has 5 nitrogen and oxygen atoms in total. The number of hydrogen-bond acceptors (Lipinski definition) is 3. The lowest BCUT2D eigenvalue weighted by molar-refractivity contribution is -0.134. The first-order valence-electron chi connectivity index (χ1n) is 7.71. The maximum Gasteiger partial charge on any atom is 0.234 e. The summed E-state index contributed by atoms with van der Waals surface area (Å²) in [5, 5.41) is 3.02. The number of likely N-dealkylation sites (tertiary alicyclic amines) is 1. The average molecular weight is 303 g/mol. The minimum Gasteiger partial charge on any atom is -0.350 e. The number of carbonyl (C=O) groups is 2. The van der Waals surface area contributed by atoms with Gasteiger partial charge in [0.1, 0.15) is 0 Å². The molecule has 0 bridgehead atoms. The highest BCUT2D eigenvalue weighted by atomic mass is 16.2. The Hall–Kier alpha value is -1.88. The van der Waals surface area contributed by atoms with Crippen molar-refractivity contribution < 1.29 is 9.59 Å². The predicted molar refractivity (Wildman–Crippen MR) is 86.3 cm³/mol. The van der Waals surface area contributed by atoms with Gasteiger partial charge in [0.05, 0.1) is 6.54 Å². The topological polar surface area (TPSA) is 52.7 Å². The van der Waals surface area contributed by atoms with E-state index >= 15 is 0 Å². The molecule has 0 radical (unpaired) electrons. The van der Waals surface area contributed by atoms with Crippen LogP contribution < -0.4 is 5.32 Å². The number of hydrogen-bond donors (Lipinski definition) is 1. The van der Waals surface area contributed by atoms with Crippen molar-refractivity contribution in [2.24, 2.45) is 0 Å². The molecule has 22 heavy (non-hydrogen) atoms. The van der Waals surface area contributed by atoms with E-state index in [1.165, 1.54) is 11.1 Å². The van der Waals surface area contributed by atoms with Crippen LogP contribution in [0.3, 0.4) is 0 Å². The molecule has 120 valence electrons. The van der Waals surface area contributed by atoms with E-state index in [2.05, 4.69) is 36.5 Å². The summed E-state index contributed by atoms with van der Waals surface area (Å²) in [7, 11) is 3.72. The Bertz CT molecular complexity index is 527. The van der Waals surface area contributed by atoms with Crippen molar-refractivity contribution in [3.05, 3.63) is 35.4 Å². The number of rotatable bonds is 5. The van der Waals surface area contributed by atoms with Crippen LogP contribution in [0.5, 0.6) is 0 Å². The highest BCUT2D eigenvalue weighted by Gasteiger charge is 2.24. The maximum atomic E-state index is 12.1. The highest BCUT2D eigenvalue weighted by Crippen LogP contribution is 2.10. The molecule has 1 aliphatic rings. The number of aryl methyl sites for hydroxylation is 1. The zero-order valence-corrected chi connectivity index (χ0v) is 13.6. The van der Waals surface area contributed by atoms with Crippen LogP contribution in [0.25, 0.3) is 0 Å². The largest absolute Gasteiger partial charge is 0.350 e. The molecule has 1 aliphatic heterocycles. The van der Waals surface area contributed by atoms with Gasteiger partial charge in [0, 0.05) is 32.6 Å². The second kappa shape index (κ2) is 7.40. The molecular weight excluding hydrogens is 278 g/mol. The van der Waals surface area contributed by atoms with Crippen molar-refractivity contribution in [1.29, 1.82) is 0 Å². The van der Waals surface area contributed by atoms with Crippen molar-refractivity contribution in [2.75, 3.05) is 27.2 Å². The first kappa shape index (κ1) is 16.5. The van der Waals surface area contributed by atoms with E-state index < -0.39 is 0 Å². The van der Waals surface area contributed by atoms with Crippen LogP contribution in [-0.4, -0.2) is 54.8 Å². The molecule has 0 spiro atoms. The summed E-state index contributed by atoms with van der Waals surface area (Å²) in [6.45, 7) is 3.78. The molecule has 1 fully saturated rings. The van der Waals surface area contributed by atoms with E-state index in [1.54, 1.807) is 11.9 Å². The number of likely N-dealkylation sites (N-methyl/N-ethyl adjacent to an activating group) is 2. The SMILES string of the molecule is Cc1ccc(CN(C)CC(=O)N[C@H]2CCC(=O)N(C)C2)cc1. The molecule has 0 saturated carbocycles. The Kier molecular flexibility index (Phi) is 5.55. The number of nitrogens with one attached hydrogen (secondary N) is 1. The molecular formula is C17H25N3O2. The third-order valence-electron chi connectivity index (χ3n) is 3.98. The Balaban J connectivity index is 1.76. The third kappa shape index (κ3) is 4.84. The molecule has 0 unspecified atom stereocenters. The summed E-state index contributed by atoms with van der Waals surface area (Å²) in [6.07, 6.45) is 1.25. The number of benzene rings is 1. The second-order valence-electron chi connectivity index (χ2n) is 6.24. The van der Waals surface area contributed by atoms with E-state index in [-0.39, 0.29) is 17.9 Å². The van der Waals surface area contributed by atoms with Crippen molar-refractivity contribution in [3.63, 3.8) is 0 Å². The van der Waals surface area contributed by atoms with Crippen molar-refractivity contribution in [2.45, 2.75) is 32.4 Å². The first-order chi connectivity index (χ1) is 10.4. The lowest BCUT2D eigenvalue weighted by atomic mass is 10.1. The minimum absolute atomic E-state index is 0.0161. The molecule has 1 saturated heterocycles. The van der Waals surface area contributed by atoms with Crippen molar-refractivity contribution in [1.82, 2.24) is 15.1 Å². The van der Waals surface area contributed by atoms with Crippen LogP contribution in [0.2, 0.25) is 0 Å². The molecule has 2 amide bonds. The van der Waals surface area contributed by atoms with Gasteiger partial charge in [-0.3, -0.25) is 14.5 Å². The van der Waals surface area contributed by atoms with Gasteiger partial charge in [-0.15, -0.1) is 0 Å². The second-order valence-corrected chi connectivity index (χ2v) is 6.24. The van der Waals surface area contributed by atoms with Crippen LogP contribution >= 0.6 is 0 Å². The van der Waals surface area contributed by atoms with Crippen LogP contribution in [0.1, 0.15) is 24.0 Å². The predicted octanol–water partition coefficient (Wildman–Crippen LogP) is 1.16. The minimum atomic E-state index is 0.0161. The zero-order valence-electron chi connectivity index (χ0n) is 13.6. The number of amides is 2. The van der Waals surface area contributed by atoms with Crippen LogP contribution in [-0.2, 0) is 16.1 Å². The molecule has 0 aromatic heterocycles. The molecule has 1 N–H and O–H groups in total. The maximum absolute atomic E-state index is 12.1. The van der Waals surface area contributed by atoms with Crippen LogP contribution in [0.15, 0.2) is 24.3 Å². The van der Waals surface area contributed by atoms with Gasteiger partial charge in [-0.05, 0) is 26.0 Å². The lowest BCUT2D eigenvalue weighted by Gasteiger charge is -2.30. The van der Waals surface area contributed by atoms with E-state index in [9.17, 15) is 9.59 Å². The van der Waals surface area contributed by atoms with Crippen LogP contribution in [0, 0.1) is 6.92 Å². The lowest BCUT2D eigenvalue weighted by Crippen LogP contribution is -2.50. The van der Waals surface area contributed by atoms with Gasteiger partial charge in [0.25, 0.3) is 0 Å². The van der Waals surface area contributed by atoms with Gasteiger partial charge < -0.3 is 10.2 Å². The van der Waals surface area contributed by atoms with Gasteiger partial charge in [0.15, 0.2) is 0 Å². The van der Waals surface area contributed by atoms with Crippen molar-refractivity contribution in [3.8, 4) is 0 Å². The normalized spacial score (nSPS) is 18.6. The van der Waals surface area contributed by atoms with Gasteiger partial charge in [-0.25, -0.2) is 0 Å². The first-order valence-corrected chi connectivity index (χ1v) is 7.71. The zero-order chi connectivity index (χ0) is 16.1. The van der Waals surface area contributed by atoms with Crippen LogP contribution in [0.4, 0.5) is 0 Å². The Morgan fingerprint density at radius 3 is 2.68 bits per heavy atom. The monoisotopic (exact) mass is 303 g/mol. The van der Waals surface area contributed by atoms with Gasteiger partial charge >= 0.3 is 0 Å². The van der Waals surface area contributed by atoms with E-state index in [1.807, 2.05) is 11.9 Å². The Morgan fingerprint density at radius 2 is 2.05 bits per heavy atom. The number of carbonyl (C=O) groups excluding carboxylic acids is 2. The highest BCUT2D eigenvalue weighted by molar-refractivity contribution is 5.80. The standard InChI is InChI=1S/C17H25N3O2/c1-13-4-6-14(7-5-13)10-19(2)12-16(21)18-15-8-9-17(22)20(3)11-15/h4-7,15H,8-12H2,1-3H3,(H,18,21)/t15-/m0/s1. The van der Waals surface area contributed by atoms with Gasteiger partial charge in [-0.2, -0.15) is 0 Å².